The molecule has 0 bridgehead atoms. The zero-order valence-corrected chi connectivity index (χ0v) is 72.9. The van der Waals surface area contributed by atoms with Gasteiger partial charge >= 0.3 is 53.7 Å². The molecule has 28 nitrogen and oxygen atoms in total. The van der Waals surface area contributed by atoms with E-state index in [4.69, 9.17) is 53.8 Å². The molecule has 28 heteroatoms. The van der Waals surface area contributed by atoms with E-state index in [0.29, 0.717) is 0 Å². The van der Waals surface area contributed by atoms with Gasteiger partial charge in [0.1, 0.15) is 63.1 Å². The van der Waals surface area contributed by atoms with Crippen LogP contribution in [0.15, 0.2) is 0 Å². The molecule has 0 saturated carbocycles. The summed E-state index contributed by atoms with van der Waals surface area (Å²) in [6, 6.07) is -1.20. The van der Waals surface area contributed by atoms with E-state index in [9.17, 15) is 43.2 Å². The monoisotopic (exact) mass is 1580 g/mol. The van der Waals surface area contributed by atoms with E-state index < -0.39 is 194 Å². The molecule has 4 amide bonds. The third-order valence-corrected chi connectivity index (χ3v) is 16.3. The molecule has 0 fully saturated rings. The second kappa shape index (κ2) is 44.3. The topological polar surface area (TPSA) is 374 Å². The van der Waals surface area contributed by atoms with Crippen LogP contribution in [0.5, 0.6) is 0 Å². The Hall–Kier alpha value is -7.41. The first kappa shape index (κ1) is 104. The second-order valence-corrected chi connectivity index (χ2v) is 38.1. The van der Waals surface area contributed by atoms with Gasteiger partial charge in [-0.25, -0.2) is 0 Å². The molecule has 0 heterocycles. The molecule has 638 valence electrons. The van der Waals surface area contributed by atoms with Gasteiger partial charge in [0.25, 0.3) is 0 Å². The Morgan fingerprint density at radius 1 is 0.261 bits per heavy atom. The van der Waals surface area contributed by atoms with Gasteiger partial charge in [-0.3, -0.25) is 62.3 Å². The lowest BCUT2D eigenvalue weighted by Crippen LogP contribution is -2.57. The molecule has 0 aromatic rings. The van der Waals surface area contributed by atoms with Crippen molar-refractivity contribution in [2.75, 3.05) is 20.3 Å². The number of amides is 4. The van der Waals surface area contributed by atoms with E-state index in [-0.39, 0.29) is 129 Å². The Morgan fingerprint density at radius 3 is 0.559 bits per heavy atom. The lowest BCUT2D eigenvalue weighted by molar-refractivity contribution is -0.158. The third kappa shape index (κ3) is 52.5. The van der Waals surface area contributed by atoms with E-state index in [1.165, 1.54) is 7.05 Å². The number of nitrogens with one attached hydrogen (secondary N) is 5. The molecule has 0 rings (SSSR count). The maximum Gasteiger partial charge on any atom is 0.306 e. The molecular weight excluding hydrogens is 1430 g/mol. The summed E-state index contributed by atoms with van der Waals surface area (Å²) in [4.78, 5) is 185. The quantitative estimate of drug-likeness (QED) is 0.0164. The van der Waals surface area contributed by atoms with Crippen LogP contribution in [0.3, 0.4) is 0 Å². The maximum absolute atomic E-state index is 15.5. The van der Waals surface area contributed by atoms with Crippen LogP contribution in [0.25, 0.3) is 0 Å². The van der Waals surface area contributed by atoms with Crippen molar-refractivity contribution in [2.45, 2.75) is 420 Å². The van der Waals surface area contributed by atoms with Gasteiger partial charge < -0.3 is 74.0 Å². The molecule has 0 spiro atoms. The van der Waals surface area contributed by atoms with Gasteiger partial charge in [0.05, 0.1) is 6.61 Å². The predicted molar refractivity (Wildman–Crippen MR) is 419 cm³/mol. The van der Waals surface area contributed by atoms with E-state index in [1.54, 1.807) is 187 Å². The molecular formula is C83H143N5O23. The fourth-order valence-corrected chi connectivity index (χ4v) is 11.9. The van der Waals surface area contributed by atoms with Crippen LogP contribution < -0.4 is 26.6 Å². The standard InChI is InChI=1S/C83H143N5O23/c1-30-55-102-56-57(84-29)70(101)88-83(43-31-58(89)85-80(46-34-61(92)103-71(2,3)4,47-35-62(93)104-72(5,6)7)48-36-63(94)105-73(8,9)10,44-32-59(90)86-81(49-37-64(95)106-74(11,12)13,50-38-65(96)107-75(14,15)16)51-39-66(97)108-76(17,18)19)45-33-60(91)87-82(52-40-67(98)109-77(20,21)22,53-41-68(99)110-78(23,24)25)54-42-69(100)111-79(26,27)28/h1,57,84H,31-56H2,2-29H3,(H,85,89)(H,86,90)(H,87,91)(H,88,101)/t57-/m0/s1. The molecule has 1 atom stereocenters. The lowest BCUT2D eigenvalue weighted by Gasteiger charge is -2.39. The third-order valence-electron chi connectivity index (χ3n) is 16.3. The van der Waals surface area contributed by atoms with Crippen LogP contribution in [0.2, 0.25) is 0 Å². The highest BCUT2D eigenvalue weighted by Crippen LogP contribution is 2.35. The molecule has 0 aliphatic carbocycles. The lowest BCUT2D eigenvalue weighted by atomic mass is 9.80. The maximum atomic E-state index is 15.5. The van der Waals surface area contributed by atoms with E-state index >= 15 is 19.2 Å². The molecule has 0 aromatic heterocycles. The van der Waals surface area contributed by atoms with Crippen LogP contribution in [-0.2, 0) is 110 Å². The van der Waals surface area contributed by atoms with Gasteiger partial charge in [-0.15, -0.1) is 6.42 Å². The van der Waals surface area contributed by atoms with Gasteiger partial charge in [0.15, 0.2) is 0 Å². The Morgan fingerprint density at radius 2 is 0.414 bits per heavy atom. The predicted octanol–water partition coefficient (Wildman–Crippen LogP) is 12.1. The minimum Gasteiger partial charge on any atom is -0.460 e. The molecule has 0 radical (unpaired) electrons. The van der Waals surface area contributed by atoms with Gasteiger partial charge in [0, 0.05) is 99.2 Å². The SMILES string of the molecule is C#CCOC[C@H](NC)C(=O)NC(CCC(=O)NC(CCC(=O)OC(C)(C)C)(CCC(=O)OC(C)(C)C)CCC(=O)OC(C)(C)C)(CCC(=O)NC(CCC(=O)OC(C)(C)C)(CCC(=O)OC(C)(C)C)CCC(=O)OC(C)(C)C)CCC(=O)NC(CCC(=O)OC(C)(C)C)(CCC(=O)OC(C)(C)C)CCC(=O)OC(C)(C)C. The number of likely N-dealkylation sites (N-methyl/N-ethyl adjacent to an activating group) is 1. The first-order valence-electron chi connectivity index (χ1n) is 39.0. The average molecular weight is 1580 g/mol. The molecule has 5 N–H and O–H groups in total. The summed E-state index contributed by atoms with van der Waals surface area (Å²) < 4.78 is 57.2. The number of ether oxygens (including phenoxy) is 10. The van der Waals surface area contributed by atoms with Crippen LogP contribution in [0, 0.1) is 12.3 Å². The second-order valence-electron chi connectivity index (χ2n) is 38.1. The fourth-order valence-electron chi connectivity index (χ4n) is 11.9. The van der Waals surface area contributed by atoms with E-state index in [0.717, 1.165) is 0 Å². The van der Waals surface area contributed by atoms with Crippen molar-refractivity contribution in [1.82, 2.24) is 26.6 Å². The Kier molecular flexibility index (Phi) is 41.3. The number of rotatable bonds is 45. The summed E-state index contributed by atoms with van der Waals surface area (Å²) >= 11 is 0. The summed E-state index contributed by atoms with van der Waals surface area (Å²) in [5.74, 6) is -6.60. The highest BCUT2D eigenvalue weighted by molar-refractivity contribution is 5.84. The molecule has 0 unspecified atom stereocenters. The van der Waals surface area contributed by atoms with Crippen molar-refractivity contribution < 1.29 is 110 Å². The Bertz CT molecular complexity index is 2590. The number of esters is 9. The van der Waals surface area contributed by atoms with Crippen LogP contribution in [0.4, 0.5) is 0 Å². The van der Waals surface area contributed by atoms with Crippen molar-refractivity contribution in [1.29, 1.82) is 0 Å². The van der Waals surface area contributed by atoms with Crippen LogP contribution in [0.1, 0.15) is 341 Å². The van der Waals surface area contributed by atoms with Crippen LogP contribution in [-0.4, -0.2) is 176 Å². The number of hydrogen-bond donors (Lipinski definition) is 5. The van der Waals surface area contributed by atoms with Gasteiger partial charge in [-0.2, -0.15) is 0 Å². The minimum absolute atomic E-state index is 0.182. The van der Waals surface area contributed by atoms with Crippen LogP contribution >= 0.6 is 0 Å². The van der Waals surface area contributed by atoms with E-state index in [2.05, 4.69) is 32.5 Å². The largest absolute Gasteiger partial charge is 0.460 e. The van der Waals surface area contributed by atoms with E-state index in [1.807, 2.05) is 0 Å². The number of hydrogen-bond acceptors (Lipinski definition) is 24. The summed E-state index contributed by atoms with van der Waals surface area (Å²) in [6.07, 6.45) is -1.81. The summed E-state index contributed by atoms with van der Waals surface area (Å²) in [5, 5.41) is 15.3. The molecule has 111 heavy (non-hydrogen) atoms. The van der Waals surface area contributed by atoms with Gasteiger partial charge in [-0.1, -0.05) is 5.92 Å². The smallest absolute Gasteiger partial charge is 0.306 e. The zero-order valence-electron chi connectivity index (χ0n) is 72.9. The zero-order chi connectivity index (χ0) is 86.3. The number of carbonyl (C=O) groups is 13. The highest BCUT2D eigenvalue weighted by Gasteiger charge is 2.43. The van der Waals surface area contributed by atoms with Crippen molar-refractivity contribution in [3.05, 3.63) is 0 Å². The molecule has 0 saturated heterocycles. The van der Waals surface area contributed by atoms with Crippen molar-refractivity contribution in [3.63, 3.8) is 0 Å². The summed E-state index contributed by atoms with van der Waals surface area (Å²) in [5.41, 5.74) is -15.0. The Labute approximate surface area is 663 Å². The average Bonchev–Trinajstić information content (AvgIpc) is 0.818. The van der Waals surface area contributed by atoms with Gasteiger partial charge in [0.2, 0.25) is 23.6 Å². The molecule has 0 aromatic carbocycles. The summed E-state index contributed by atoms with van der Waals surface area (Å²) in [6.45, 7) is 44.8. The minimum atomic E-state index is -1.85. The normalized spacial score (nSPS) is 13.2. The van der Waals surface area contributed by atoms with Gasteiger partial charge in [-0.05, 0) is 271 Å². The first-order valence-corrected chi connectivity index (χ1v) is 39.0. The fraction of sp³-hybridized carbons (Fsp3) is 0.819. The summed E-state index contributed by atoms with van der Waals surface area (Å²) in [7, 11) is 1.47. The first-order chi connectivity index (χ1) is 50.1. The van der Waals surface area contributed by atoms with Crippen molar-refractivity contribution in [2.24, 2.45) is 0 Å². The number of carbonyl (C=O) groups excluding carboxylic acids is 13. The van der Waals surface area contributed by atoms with Crippen molar-refractivity contribution in [3.8, 4) is 12.3 Å². The number of terminal acetylenes is 1. The highest BCUT2D eigenvalue weighted by atomic mass is 16.6. The Balaban J connectivity index is 9.42. The van der Waals surface area contributed by atoms with Crippen molar-refractivity contribution >= 4 is 77.4 Å². The molecule has 0 aliphatic rings. The molecule has 0 aliphatic heterocycles.